The SMILES string of the molecule is C=Cc1ccnc(-c2cccc(C)c2)c1. The molecule has 2 aromatic rings. The van der Waals surface area contributed by atoms with Gasteiger partial charge in [-0.15, -0.1) is 0 Å². The lowest BCUT2D eigenvalue weighted by atomic mass is 10.1. The summed E-state index contributed by atoms with van der Waals surface area (Å²) in [6.45, 7) is 5.84. The number of hydrogen-bond acceptors (Lipinski definition) is 1. The van der Waals surface area contributed by atoms with Gasteiger partial charge in [-0.05, 0) is 30.7 Å². The van der Waals surface area contributed by atoms with Crippen LogP contribution >= 0.6 is 0 Å². The minimum absolute atomic E-state index is 0.996. The van der Waals surface area contributed by atoms with Gasteiger partial charge in [0.2, 0.25) is 0 Å². The molecule has 2 rings (SSSR count). The van der Waals surface area contributed by atoms with Gasteiger partial charge in [-0.3, -0.25) is 4.98 Å². The quantitative estimate of drug-likeness (QED) is 0.712. The van der Waals surface area contributed by atoms with Crippen molar-refractivity contribution in [2.75, 3.05) is 0 Å². The molecule has 0 bridgehead atoms. The zero-order chi connectivity index (χ0) is 10.7. The third kappa shape index (κ3) is 2.13. The molecule has 0 N–H and O–H groups in total. The highest BCUT2D eigenvalue weighted by molar-refractivity contribution is 5.63. The van der Waals surface area contributed by atoms with Gasteiger partial charge in [0, 0.05) is 11.8 Å². The number of nitrogens with zero attached hydrogens (tertiary/aromatic N) is 1. The van der Waals surface area contributed by atoms with Crippen molar-refractivity contribution in [3.63, 3.8) is 0 Å². The first kappa shape index (κ1) is 9.66. The molecular formula is C14H13N. The van der Waals surface area contributed by atoms with Crippen LogP contribution in [0.4, 0.5) is 0 Å². The molecular weight excluding hydrogens is 182 g/mol. The molecule has 1 aromatic heterocycles. The van der Waals surface area contributed by atoms with Crippen LogP contribution in [-0.4, -0.2) is 4.98 Å². The number of aryl methyl sites for hydroxylation is 1. The van der Waals surface area contributed by atoms with Crippen LogP contribution in [0.25, 0.3) is 17.3 Å². The molecule has 0 aliphatic rings. The van der Waals surface area contributed by atoms with E-state index in [9.17, 15) is 0 Å². The van der Waals surface area contributed by atoms with E-state index in [2.05, 4.69) is 36.7 Å². The van der Waals surface area contributed by atoms with Crippen molar-refractivity contribution in [3.05, 3.63) is 60.3 Å². The first-order chi connectivity index (χ1) is 7.29. The summed E-state index contributed by atoms with van der Waals surface area (Å²) in [5, 5.41) is 0. The van der Waals surface area contributed by atoms with E-state index in [-0.39, 0.29) is 0 Å². The topological polar surface area (TPSA) is 12.9 Å². The third-order valence-electron chi connectivity index (χ3n) is 2.33. The summed E-state index contributed by atoms with van der Waals surface area (Å²) in [6, 6.07) is 12.3. The number of rotatable bonds is 2. The molecule has 0 radical (unpaired) electrons. The first-order valence-corrected chi connectivity index (χ1v) is 4.95. The molecule has 1 nitrogen and oxygen atoms in total. The predicted molar refractivity (Wildman–Crippen MR) is 64.5 cm³/mol. The second kappa shape index (κ2) is 4.09. The molecule has 0 unspecified atom stereocenters. The molecule has 0 fully saturated rings. The van der Waals surface area contributed by atoms with Gasteiger partial charge in [0.1, 0.15) is 0 Å². The largest absolute Gasteiger partial charge is 0.256 e. The Labute approximate surface area is 90.1 Å². The van der Waals surface area contributed by atoms with E-state index in [1.165, 1.54) is 5.56 Å². The molecule has 1 heteroatoms. The molecule has 15 heavy (non-hydrogen) atoms. The van der Waals surface area contributed by atoms with E-state index in [1.54, 1.807) is 0 Å². The molecule has 0 saturated carbocycles. The minimum Gasteiger partial charge on any atom is -0.256 e. The lowest BCUT2D eigenvalue weighted by Crippen LogP contribution is -1.84. The molecule has 74 valence electrons. The summed E-state index contributed by atoms with van der Waals surface area (Å²) in [5.74, 6) is 0. The van der Waals surface area contributed by atoms with Crippen molar-refractivity contribution in [1.82, 2.24) is 4.98 Å². The zero-order valence-corrected chi connectivity index (χ0v) is 8.77. The first-order valence-electron chi connectivity index (χ1n) is 4.95. The highest BCUT2D eigenvalue weighted by Gasteiger charge is 1.99. The average molecular weight is 195 g/mol. The highest BCUT2D eigenvalue weighted by Crippen LogP contribution is 2.19. The molecule has 0 aliphatic heterocycles. The maximum atomic E-state index is 4.35. The van der Waals surface area contributed by atoms with Gasteiger partial charge >= 0.3 is 0 Å². The Morgan fingerprint density at radius 3 is 2.80 bits per heavy atom. The van der Waals surface area contributed by atoms with E-state index >= 15 is 0 Å². The van der Waals surface area contributed by atoms with Crippen molar-refractivity contribution in [2.45, 2.75) is 6.92 Å². The Balaban J connectivity index is 2.49. The fourth-order valence-corrected chi connectivity index (χ4v) is 1.54. The summed E-state index contributed by atoms with van der Waals surface area (Å²) in [7, 11) is 0. The summed E-state index contributed by atoms with van der Waals surface area (Å²) >= 11 is 0. The molecule has 1 aromatic carbocycles. The molecule has 1 heterocycles. The van der Waals surface area contributed by atoms with Crippen molar-refractivity contribution in [2.24, 2.45) is 0 Å². The zero-order valence-electron chi connectivity index (χ0n) is 8.77. The van der Waals surface area contributed by atoms with E-state index in [0.29, 0.717) is 0 Å². The Morgan fingerprint density at radius 2 is 2.07 bits per heavy atom. The van der Waals surface area contributed by atoms with Crippen LogP contribution in [0, 0.1) is 6.92 Å². The Morgan fingerprint density at radius 1 is 1.20 bits per heavy atom. The van der Waals surface area contributed by atoms with E-state index in [1.807, 2.05) is 30.5 Å². The fraction of sp³-hybridized carbons (Fsp3) is 0.0714. The van der Waals surface area contributed by atoms with Gasteiger partial charge in [-0.2, -0.15) is 0 Å². The molecule has 0 saturated heterocycles. The number of benzene rings is 1. The van der Waals surface area contributed by atoms with Gasteiger partial charge in [-0.25, -0.2) is 0 Å². The van der Waals surface area contributed by atoms with Gasteiger partial charge in [0.25, 0.3) is 0 Å². The van der Waals surface area contributed by atoms with Crippen LogP contribution < -0.4 is 0 Å². The van der Waals surface area contributed by atoms with Crippen molar-refractivity contribution < 1.29 is 0 Å². The van der Waals surface area contributed by atoms with Crippen molar-refractivity contribution in [1.29, 1.82) is 0 Å². The highest BCUT2D eigenvalue weighted by atomic mass is 14.7. The smallest absolute Gasteiger partial charge is 0.0708 e. The molecule has 0 aliphatic carbocycles. The average Bonchev–Trinajstić information content (AvgIpc) is 2.29. The van der Waals surface area contributed by atoms with Crippen LogP contribution in [-0.2, 0) is 0 Å². The van der Waals surface area contributed by atoms with Gasteiger partial charge in [-0.1, -0.05) is 36.4 Å². The number of hydrogen-bond donors (Lipinski definition) is 0. The van der Waals surface area contributed by atoms with Gasteiger partial charge in [0.15, 0.2) is 0 Å². The van der Waals surface area contributed by atoms with Crippen LogP contribution in [0.1, 0.15) is 11.1 Å². The number of aromatic nitrogens is 1. The monoisotopic (exact) mass is 195 g/mol. The van der Waals surface area contributed by atoms with E-state index in [0.717, 1.165) is 16.8 Å². The van der Waals surface area contributed by atoms with Gasteiger partial charge in [0.05, 0.1) is 5.69 Å². The lowest BCUT2D eigenvalue weighted by Gasteiger charge is -2.02. The maximum Gasteiger partial charge on any atom is 0.0708 e. The molecule has 0 atom stereocenters. The summed E-state index contributed by atoms with van der Waals surface area (Å²) in [4.78, 5) is 4.35. The van der Waals surface area contributed by atoms with Crippen LogP contribution in [0.15, 0.2) is 49.2 Å². The normalized spacial score (nSPS) is 9.93. The Kier molecular flexibility index (Phi) is 2.64. The summed E-state index contributed by atoms with van der Waals surface area (Å²) in [6.07, 6.45) is 3.65. The standard InChI is InChI=1S/C14H13N/c1-3-12-7-8-15-14(10-12)13-6-4-5-11(2)9-13/h3-10H,1H2,2H3. The van der Waals surface area contributed by atoms with Crippen LogP contribution in [0.5, 0.6) is 0 Å². The van der Waals surface area contributed by atoms with E-state index in [4.69, 9.17) is 0 Å². The fourth-order valence-electron chi connectivity index (χ4n) is 1.54. The lowest BCUT2D eigenvalue weighted by molar-refractivity contribution is 1.31. The molecule has 0 spiro atoms. The Hall–Kier alpha value is -1.89. The summed E-state index contributed by atoms with van der Waals surface area (Å²) < 4.78 is 0. The maximum absolute atomic E-state index is 4.35. The third-order valence-corrected chi connectivity index (χ3v) is 2.33. The van der Waals surface area contributed by atoms with Crippen molar-refractivity contribution in [3.8, 4) is 11.3 Å². The van der Waals surface area contributed by atoms with Crippen LogP contribution in [0.2, 0.25) is 0 Å². The van der Waals surface area contributed by atoms with E-state index < -0.39 is 0 Å². The minimum atomic E-state index is 0.996. The summed E-state index contributed by atoms with van der Waals surface area (Å²) in [5.41, 5.74) is 4.50. The number of pyridine rings is 1. The second-order valence-corrected chi connectivity index (χ2v) is 3.55. The van der Waals surface area contributed by atoms with Gasteiger partial charge < -0.3 is 0 Å². The van der Waals surface area contributed by atoms with Crippen LogP contribution in [0.3, 0.4) is 0 Å². The predicted octanol–water partition coefficient (Wildman–Crippen LogP) is 3.70. The Bertz CT molecular complexity index is 486. The second-order valence-electron chi connectivity index (χ2n) is 3.55. The molecule has 0 amide bonds. The van der Waals surface area contributed by atoms with Crippen molar-refractivity contribution >= 4 is 6.08 Å².